The fourth-order valence-corrected chi connectivity index (χ4v) is 11.6. The van der Waals surface area contributed by atoms with Gasteiger partial charge in [0.25, 0.3) is 0 Å². The van der Waals surface area contributed by atoms with Gasteiger partial charge in [0.1, 0.15) is 49.4 Å². The highest BCUT2D eigenvalue weighted by Crippen LogP contribution is 2.57. The van der Waals surface area contributed by atoms with Crippen molar-refractivity contribution in [1.82, 2.24) is 0 Å². The Kier molecular flexibility index (Phi) is 13.0. The van der Waals surface area contributed by atoms with Gasteiger partial charge in [-0.2, -0.15) is 0 Å². The van der Waals surface area contributed by atoms with E-state index in [9.17, 15) is 0 Å². The Labute approximate surface area is 413 Å². The molecule has 0 radical (unpaired) electrons. The number of ether oxygens (including phenoxy) is 4. The van der Waals surface area contributed by atoms with Gasteiger partial charge < -0.3 is 18.9 Å². The van der Waals surface area contributed by atoms with E-state index in [2.05, 4.69) is 188 Å². The highest BCUT2D eigenvalue weighted by Gasteiger charge is 2.47. The van der Waals surface area contributed by atoms with Gasteiger partial charge in [-0.1, -0.05) is 170 Å². The minimum absolute atomic E-state index is 0.493. The van der Waals surface area contributed by atoms with Gasteiger partial charge in [0.2, 0.25) is 0 Å². The molecule has 0 amide bonds. The van der Waals surface area contributed by atoms with Gasteiger partial charge in [-0.05, 0) is 147 Å². The van der Waals surface area contributed by atoms with Crippen molar-refractivity contribution in [3.63, 3.8) is 0 Å². The third-order valence-electron chi connectivity index (χ3n) is 12.9. The molecule has 0 aliphatic heterocycles. The average molecular weight is 928 g/mol. The van der Waals surface area contributed by atoms with Gasteiger partial charge in [-0.3, -0.25) is 0 Å². The largest absolute Gasteiger partial charge is 0.489 e. The molecular formula is C65H51O4S+. The van der Waals surface area contributed by atoms with Crippen molar-refractivity contribution < 1.29 is 18.9 Å². The first-order valence-corrected chi connectivity index (χ1v) is 25.0. The summed E-state index contributed by atoms with van der Waals surface area (Å²) in [6, 6.07) is 92.0. The zero-order valence-electron chi connectivity index (χ0n) is 38.7. The summed E-state index contributed by atoms with van der Waals surface area (Å²) in [5, 5.41) is 0. The maximum atomic E-state index is 6.37. The molecule has 0 bridgehead atoms. The second-order valence-electron chi connectivity index (χ2n) is 17.4. The molecular weight excluding hydrogens is 877 g/mol. The average Bonchev–Trinajstić information content (AvgIpc) is 3.73. The molecule has 0 saturated carbocycles. The molecule has 0 spiro atoms. The first-order chi connectivity index (χ1) is 34.7. The lowest BCUT2D eigenvalue weighted by Crippen LogP contribution is -2.28. The third kappa shape index (κ3) is 9.45. The van der Waals surface area contributed by atoms with Crippen LogP contribution >= 0.6 is 0 Å². The van der Waals surface area contributed by atoms with E-state index in [1.807, 2.05) is 72.8 Å². The molecule has 0 unspecified atom stereocenters. The summed E-state index contributed by atoms with van der Waals surface area (Å²) in [6.07, 6.45) is 0. The number of hydrogen-bond donors (Lipinski definition) is 0. The van der Waals surface area contributed by atoms with E-state index < -0.39 is 16.3 Å². The minimum atomic E-state index is -0.669. The highest BCUT2D eigenvalue weighted by atomic mass is 32.2. The van der Waals surface area contributed by atoms with Crippen LogP contribution in [0.4, 0.5) is 0 Å². The second-order valence-corrected chi connectivity index (χ2v) is 19.4. The van der Waals surface area contributed by atoms with E-state index in [4.69, 9.17) is 18.9 Å². The Morgan fingerprint density at radius 2 is 0.586 bits per heavy atom. The van der Waals surface area contributed by atoms with E-state index in [1.54, 1.807) is 0 Å². The summed E-state index contributed by atoms with van der Waals surface area (Å²) >= 11 is 0. The smallest absolute Gasteiger partial charge is 0.166 e. The van der Waals surface area contributed by atoms with Crippen molar-refractivity contribution in [2.75, 3.05) is 0 Å². The van der Waals surface area contributed by atoms with Crippen molar-refractivity contribution >= 4 is 10.9 Å². The van der Waals surface area contributed by atoms with Crippen molar-refractivity contribution in [2.45, 2.75) is 46.5 Å². The Hall–Kier alpha value is -8.25. The van der Waals surface area contributed by atoms with Crippen LogP contribution in [-0.2, 0) is 42.7 Å². The Balaban J connectivity index is 1.01. The summed E-state index contributed by atoms with van der Waals surface area (Å²) in [5.74, 6) is 3.30. The van der Waals surface area contributed by atoms with Crippen LogP contribution in [-0.4, -0.2) is 0 Å². The van der Waals surface area contributed by atoms with E-state index in [0.29, 0.717) is 26.4 Å². The molecule has 10 aromatic carbocycles. The summed E-state index contributed by atoms with van der Waals surface area (Å²) in [4.78, 5) is 3.58. The van der Waals surface area contributed by atoms with Gasteiger partial charge in [0, 0.05) is 0 Å². The van der Waals surface area contributed by atoms with E-state index in [1.165, 1.54) is 36.9 Å². The Bertz CT molecular complexity index is 3100. The first kappa shape index (κ1) is 44.3. The summed E-state index contributed by atoms with van der Waals surface area (Å²) < 4.78 is 25.3. The number of fused-ring (bicyclic) bond motifs is 3. The topological polar surface area (TPSA) is 36.9 Å². The van der Waals surface area contributed by atoms with E-state index in [0.717, 1.165) is 56.4 Å². The van der Waals surface area contributed by atoms with Crippen molar-refractivity contribution in [1.29, 1.82) is 0 Å². The van der Waals surface area contributed by atoms with E-state index in [-0.39, 0.29) is 0 Å². The number of benzene rings is 10. The molecule has 11 rings (SSSR count). The molecule has 340 valence electrons. The lowest BCUT2D eigenvalue weighted by Gasteiger charge is -2.34. The Morgan fingerprint density at radius 1 is 0.271 bits per heavy atom. The van der Waals surface area contributed by atoms with E-state index >= 15 is 0 Å². The maximum absolute atomic E-state index is 6.37. The lowest BCUT2D eigenvalue weighted by atomic mass is 9.67. The molecule has 1 aliphatic rings. The van der Waals surface area contributed by atoms with Crippen LogP contribution < -0.4 is 18.9 Å². The molecule has 0 fully saturated rings. The number of rotatable bonds is 17. The zero-order chi connectivity index (χ0) is 47.0. The predicted octanol–water partition coefficient (Wildman–Crippen LogP) is 15.5. The van der Waals surface area contributed by atoms with Crippen molar-refractivity contribution in [3.05, 3.63) is 305 Å². The standard InChI is InChI=1S/C65H51O4S/c1-5-15-48(16-6-1)44-66-54-29-25-52(26-30-54)65(53-27-31-55(32-28-53)67-45-49-17-7-2-8-18-49)63-24-14-13-23-61(63)62-42-41-60(43-64(62)65)70(58-37-33-56(34-38-58)68-46-50-19-9-3-10-20-50)59-39-35-57(36-40-59)69-47-51-21-11-4-12-22-51/h1-43H,44-47H2/q+1. The lowest BCUT2D eigenvalue weighted by molar-refractivity contribution is 0.306. The summed E-state index contributed by atoms with van der Waals surface area (Å²) in [6.45, 7) is 1.99. The van der Waals surface area contributed by atoms with Crippen LogP contribution in [0.1, 0.15) is 44.5 Å². The molecule has 0 N–H and O–H groups in total. The molecule has 0 saturated heterocycles. The second kappa shape index (κ2) is 20.5. The van der Waals surface area contributed by atoms with Crippen LogP contribution in [0.5, 0.6) is 23.0 Å². The molecule has 70 heavy (non-hydrogen) atoms. The molecule has 10 aromatic rings. The highest BCUT2D eigenvalue weighted by molar-refractivity contribution is 7.97. The normalized spacial score (nSPS) is 12.2. The Morgan fingerprint density at radius 3 is 0.971 bits per heavy atom. The summed E-state index contributed by atoms with van der Waals surface area (Å²) in [5.41, 5.74) is 11.1. The van der Waals surface area contributed by atoms with Gasteiger partial charge in [-0.25, -0.2) is 0 Å². The molecule has 5 heteroatoms. The van der Waals surface area contributed by atoms with Gasteiger partial charge >= 0.3 is 0 Å². The molecule has 4 nitrogen and oxygen atoms in total. The van der Waals surface area contributed by atoms with Crippen molar-refractivity contribution in [3.8, 4) is 34.1 Å². The maximum Gasteiger partial charge on any atom is 0.166 e. The van der Waals surface area contributed by atoms with Crippen LogP contribution in [0.15, 0.2) is 276 Å². The van der Waals surface area contributed by atoms with Gasteiger partial charge in [-0.15, -0.1) is 0 Å². The zero-order valence-corrected chi connectivity index (χ0v) is 39.5. The van der Waals surface area contributed by atoms with Crippen LogP contribution in [0.3, 0.4) is 0 Å². The summed E-state index contributed by atoms with van der Waals surface area (Å²) in [7, 11) is -0.515. The molecule has 1 aliphatic carbocycles. The monoisotopic (exact) mass is 927 g/mol. The van der Waals surface area contributed by atoms with Crippen LogP contribution in [0.25, 0.3) is 11.1 Å². The SMILES string of the molecule is c1ccc(COc2ccc([S+](c3ccc(OCc4ccccc4)cc3)c3ccc4c(c3)C(c3ccc(OCc5ccccc5)cc3)(c3ccc(OCc5ccccc5)cc3)c3ccccc3-4)cc2)cc1. The van der Waals surface area contributed by atoms with Crippen LogP contribution in [0.2, 0.25) is 0 Å². The fraction of sp³-hybridized carbons (Fsp3) is 0.0769. The van der Waals surface area contributed by atoms with Crippen LogP contribution in [0, 0.1) is 0 Å². The van der Waals surface area contributed by atoms with Gasteiger partial charge in [0.05, 0.1) is 16.3 Å². The minimum Gasteiger partial charge on any atom is -0.489 e. The first-order valence-electron chi connectivity index (χ1n) is 23.7. The van der Waals surface area contributed by atoms with Crippen molar-refractivity contribution in [2.24, 2.45) is 0 Å². The number of hydrogen-bond acceptors (Lipinski definition) is 4. The molecule has 0 aromatic heterocycles. The quantitative estimate of drug-likeness (QED) is 0.0853. The fourth-order valence-electron chi connectivity index (χ4n) is 9.49. The third-order valence-corrected chi connectivity index (χ3v) is 15.2. The molecule has 0 heterocycles. The van der Waals surface area contributed by atoms with Gasteiger partial charge in [0.15, 0.2) is 14.7 Å². The predicted molar refractivity (Wildman–Crippen MR) is 282 cm³/mol. The molecule has 0 atom stereocenters.